The zero-order valence-electron chi connectivity index (χ0n) is 13.0. The molecule has 0 aromatic carbocycles. The van der Waals surface area contributed by atoms with E-state index >= 15 is 0 Å². The smallest absolute Gasteiger partial charge is 0.330 e. The zero-order valence-corrected chi connectivity index (χ0v) is 13.0. The number of carbonyl (C=O) groups excluding carboxylic acids is 1. The van der Waals surface area contributed by atoms with Gasteiger partial charge < -0.3 is 20.3 Å². The molecule has 0 bridgehead atoms. The van der Waals surface area contributed by atoms with Crippen molar-refractivity contribution in [3.05, 3.63) is 32.6 Å². The van der Waals surface area contributed by atoms with Gasteiger partial charge in [-0.15, -0.1) is 0 Å². The van der Waals surface area contributed by atoms with E-state index in [0.717, 1.165) is 10.8 Å². The molecule has 0 spiro atoms. The Balaban J connectivity index is 2.28. The molecule has 1 aliphatic rings. The van der Waals surface area contributed by atoms with Crippen molar-refractivity contribution in [2.75, 3.05) is 13.2 Å². The molecule has 3 atom stereocenters. The van der Waals surface area contributed by atoms with E-state index in [2.05, 4.69) is 10.3 Å². The summed E-state index contributed by atoms with van der Waals surface area (Å²) in [5.41, 5.74) is -1.74. The second kappa shape index (κ2) is 7.07. The van der Waals surface area contributed by atoms with Crippen molar-refractivity contribution in [1.82, 2.24) is 14.9 Å². The van der Waals surface area contributed by atoms with Gasteiger partial charge in [0.05, 0.1) is 12.7 Å². The molecule has 0 aliphatic carbocycles. The molecule has 2 rings (SSSR count). The summed E-state index contributed by atoms with van der Waals surface area (Å²) in [5, 5.41) is 21.4. The molecule has 4 N–H and O–H groups in total. The van der Waals surface area contributed by atoms with Gasteiger partial charge >= 0.3 is 5.69 Å². The summed E-state index contributed by atoms with van der Waals surface area (Å²) in [4.78, 5) is 37.9. The maximum Gasteiger partial charge on any atom is 0.330 e. The number of aliphatic hydroxyl groups excluding tert-OH is 2. The van der Waals surface area contributed by atoms with Crippen LogP contribution in [0.2, 0.25) is 0 Å². The number of nitrogens with zero attached hydrogens (tertiary/aromatic N) is 1. The van der Waals surface area contributed by atoms with E-state index in [9.17, 15) is 19.5 Å². The van der Waals surface area contributed by atoms with Crippen LogP contribution in [0, 0.1) is 5.92 Å². The van der Waals surface area contributed by atoms with Crippen LogP contribution in [0.4, 0.5) is 0 Å². The standard InChI is InChI=1S/C14H21N3O6/c1-7(2)4-15-12(20)8-5-17(14(22)16-13(8)21)11-3-9(19)10(6-18)23-11/h5,7,9-11,18-19H,3-4,6H2,1-2H3,(H,15,20)(H,16,21,22)/t9-,10+,11+/m0/s1. The number of hydrogen-bond acceptors (Lipinski definition) is 6. The molecule has 9 nitrogen and oxygen atoms in total. The SMILES string of the molecule is CC(C)CNC(=O)c1cn([C@H]2C[C@H](O)[C@@H](CO)O2)c(=O)[nH]c1=O. The molecule has 9 heteroatoms. The molecule has 23 heavy (non-hydrogen) atoms. The number of nitrogens with one attached hydrogen (secondary N) is 2. The number of carbonyl (C=O) groups is 1. The molecular weight excluding hydrogens is 306 g/mol. The van der Waals surface area contributed by atoms with Crippen molar-refractivity contribution in [2.45, 2.75) is 38.7 Å². The number of rotatable bonds is 5. The topological polar surface area (TPSA) is 134 Å². The number of ether oxygens (including phenoxy) is 1. The van der Waals surface area contributed by atoms with Crippen molar-refractivity contribution in [3.63, 3.8) is 0 Å². The normalized spacial score (nSPS) is 24.1. The van der Waals surface area contributed by atoms with E-state index in [-0.39, 0.29) is 17.9 Å². The first-order valence-electron chi connectivity index (χ1n) is 7.41. The van der Waals surface area contributed by atoms with Crippen molar-refractivity contribution >= 4 is 5.91 Å². The van der Waals surface area contributed by atoms with E-state index in [1.165, 1.54) is 0 Å². The minimum absolute atomic E-state index is 0.0736. The third-order valence-electron chi connectivity index (χ3n) is 3.58. The number of hydrogen-bond donors (Lipinski definition) is 4. The monoisotopic (exact) mass is 327 g/mol. The van der Waals surface area contributed by atoms with E-state index in [1.54, 1.807) is 0 Å². The highest BCUT2D eigenvalue weighted by molar-refractivity contribution is 5.93. The lowest BCUT2D eigenvalue weighted by molar-refractivity contribution is -0.0459. The predicted octanol–water partition coefficient (Wildman–Crippen LogP) is -1.44. The van der Waals surface area contributed by atoms with Crippen LogP contribution in [-0.2, 0) is 4.74 Å². The lowest BCUT2D eigenvalue weighted by Gasteiger charge is -2.15. The van der Waals surface area contributed by atoms with Gasteiger partial charge in [0.25, 0.3) is 11.5 Å². The number of aromatic nitrogens is 2. The van der Waals surface area contributed by atoms with E-state index < -0.39 is 42.2 Å². The molecule has 1 aliphatic heterocycles. The van der Waals surface area contributed by atoms with Crippen LogP contribution in [0.1, 0.15) is 36.9 Å². The predicted molar refractivity (Wildman–Crippen MR) is 80.1 cm³/mol. The summed E-state index contributed by atoms with van der Waals surface area (Å²) < 4.78 is 6.42. The van der Waals surface area contributed by atoms with Crippen LogP contribution < -0.4 is 16.6 Å². The van der Waals surface area contributed by atoms with Gasteiger partial charge in [0.2, 0.25) is 0 Å². The Bertz CT molecular complexity index is 680. The van der Waals surface area contributed by atoms with Gasteiger partial charge in [-0.05, 0) is 5.92 Å². The fraction of sp³-hybridized carbons (Fsp3) is 0.643. The second-order valence-corrected chi connectivity index (χ2v) is 5.93. The Labute approximate surface area is 131 Å². The van der Waals surface area contributed by atoms with Crippen molar-refractivity contribution in [3.8, 4) is 0 Å². The van der Waals surface area contributed by atoms with Crippen molar-refractivity contribution in [2.24, 2.45) is 5.92 Å². The Kier molecular flexibility index (Phi) is 5.34. The maximum atomic E-state index is 12.1. The van der Waals surface area contributed by atoms with Gasteiger partial charge in [0.15, 0.2) is 0 Å². The summed E-state index contributed by atoms with van der Waals surface area (Å²) in [6.07, 6.45) is -1.40. The minimum atomic E-state index is -0.929. The molecule has 1 aromatic rings. The van der Waals surface area contributed by atoms with Crippen LogP contribution in [-0.4, -0.2) is 51.0 Å². The van der Waals surface area contributed by atoms with E-state index in [0.29, 0.717) is 6.54 Å². The van der Waals surface area contributed by atoms with Gasteiger partial charge in [-0.3, -0.25) is 19.1 Å². The maximum absolute atomic E-state index is 12.1. The first-order valence-corrected chi connectivity index (χ1v) is 7.41. The van der Waals surface area contributed by atoms with Crippen LogP contribution in [0.5, 0.6) is 0 Å². The summed E-state index contributed by atoms with van der Waals surface area (Å²) in [5.74, 6) is -0.381. The summed E-state index contributed by atoms with van der Waals surface area (Å²) in [6.45, 7) is 3.82. The lowest BCUT2D eigenvalue weighted by Crippen LogP contribution is -2.39. The van der Waals surface area contributed by atoms with Gasteiger partial charge in [-0.2, -0.15) is 0 Å². The Morgan fingerprint density at radius 2 is 2.22 bits per heavy atom. The van der Waals surface area contributed by atoms with E-state index in [4.69, 9.17) is 9.84 Å². The fourth-order valence-corrected chi connectivity index (χ4v) is 2.30. The first kappa shape index (κ1) is 17.4. The zero-order chi connectivity index (χ0) is 17.1. The number of aliphatic hydroxyl groups is 2. The molecular formula is C14H21N3O6. The van der Waals surface area contributed by atoms with Gasteiger partial charge in [-0.25, -0.2) is 4.79 Å². The fourth-order valence-electron chi connectivity index (χ4n) is 2.30. The molecule has 1 fully saturated rings. The average molecular weight is 327 g/mol. The van der Waals surface area contributed by atoms with Crippen LogP contribution >= 0.6 is 0 Å². The first-order chi connectivity index (χ1) is 10.8. The molecule has 0 unspecified atom stereocenters. The second-order valence-electron chi connectivity index (χ2n) is 5.93. The van der Waals surface area contributed by atoms with Gasteiger partial charge in [-0.1, -0.05) is 13.8 Å². The highest BCUT2D eigenvalue weighted by atomic mass is 16.5. The molecule has 1 aromatic heterocycles. The molecule has 2 heterocycles. The molecule has 0 saturated carbocycles. The number of aromatic amines is 1. The molecule has 128 valence electrons. The Morgan fingerprint density at radius 3 is 2.78 bits per heavy atom. The largest absolute Gasteiger partial charge is 0.394 e. The van der Waals surface area contributed by atoms with Crippen molar-refractivity contribution < 1.29 is 19.7 Å². The van der Waals surface area contributed by atoms with Gasteiger partial charge in [0.1, 0.15) is 17.9 Å². The average Bonchev–Trinajstić information content (AvgIpc) is 2.85. The highest BCUT2D eigenvalue weighted by Crippen LogP contribution is 2.27. The van der Waals surface area contributed by atoms with Crippen LogP contribution in [0.15, 0.2) is 15.8 Å². The van der Waals surface area contributed by atoms with E-state index in [1.807, 2.05) is 13.8 Å². The summed E-state index contributed by atoms with van der Waals surface area (Å²) in [7, 11) is 0. The Hall–Kier alpha value is -1.97. The number of H-pyrrole nitrogens is 1. The lowest BCUT2D eigenvalue weighted by atomic mass is 10.2. The van der Waals surface area contributed by atoms with Gasteiger partial charge in [0, 0.05) is 19.2 Å². The summed E-state index contributed by atoms with van der Waals surface area (Å²) >= 11 is 0. The molecule has 1 amide bonds. The third-order valence-corrected chi connectivity index (χ3v) is 3.58. The van der Waals surface area contributed by atoms with Crippen LogP contribution in [0.25, 0.3) is 0 Å². The quantitative estimate of drug-likeness (QED) is 0.523. The van der Waals surface area contributed by atoms with Crippen LogP contribution in [0.3, 0.4) is 0 Å². The molecule has 1 saturated heterocycles. The highest BCUT2D eigenvalue weighted by Gasteiger charge is 2.35. The minimum Gasteiger partial charge on any atom is -0.394 e. The van der Waals surface area contributed by atoms with Crippen molar-refractivity contribution in [1.29, 1.82) is 0 Å². The third kappa shape index (κ3) is 3.87. The Morgan fingerprint density at radius 1 is 1.52 bits per heavy atom. The molecule has 0 radical (unpaired) electrons. The summed E-state index contributed by atoms with van der Waals surface area (Å²) in [6, 6.07) is 0. The number of amides is 1.